The van der Waals surface area contributed by atoms with Gasteiger partial charge in [0, 0.05) is 17.0 Å². The van der Waals surface area contributed by atoms with E-state index in [0.29, 0.717) is 19.0 Å². The van der Waals surface area contributed by atoms with Crippen molar-refractivity contribution < 1.29 is 37.0 Å². The molecule has 3 aromatic rings. The molecule has 2 N–H and O–H groups in total. The van der Waals surface area contributed by atoms with Gasteiger partial charge in [-0.2, -0.15) is 13.2 Å². The SMILES string of the molecule is O=C(NC1(C(=O)O)CCCC1)c1cc(F)c2ccccc2c1OCc1ccc(C(F)(F)F)cn1. The maximum atomic E-state index is 14.8. The third-order valence-electron chi connectivity index (χ3n) is 5.93. The number of nitrogens with zero attached hydrogens (tertiary/aromatic N) is 1. The zero-order valence-electron chi connectivity index (χ0n) is 17.8. The Kier molecular flexibility index (Phi) is 6.16. The lowest BCUT2D eigenvalue weighted by atomic mass is 9.96. The Morgan fingerprint density at radius 1 is 1.09 bits per heavy atom. The average Bonchev–Trinajstić information content (AvgIpc) is 3.28. The fourth-order valence-corrected chi connectivity index (χ4v) is 4.11. The van der Waals surface area contributed by atoms with Gasteiger partial charge in [0.1, 0.15) is 23.7 Å². The molecule has 178 valence electrons. The number of hydrogen-bond donors (Lipinski definition) is 2. The molecule has 0 spiro atoms. The molecule has 0 atom stereocenters. The number of carboxylic acid groups (broad SMARTS) is 1. The van der Waals surface area contributed by atoms with Crippen molar-refractivity contribution in [2.75, 3.05) is 0 Å². The van der Waals surface area contributed by atoms with Gasteiger partial charge in [-0.1, -0.05) is 37.1 Å². The zero-order chi connectivity index (χ0) is 24.5. The van der Waals surface area contributed by atoms with Crippen molar-refractivity contribution in [3.8, 4) is 5.75 Å². The molecular formula is C24H20F4N2O4. The van der Waals surface area contributed by atoms with E-state index in [0.717, 1.165) is 18.2 Å². The summed E-state index contributed by atoms with van der Waals surface area (Å²) in [6.45, 7) is -0.294. The van der Waals surface area contributed by atoms with Crippen molar-refractivity contribution >= 4 is 22.6 Å². The summed E-state index contributed by atoms with van der Waals surface area (Å²) >= 11 is 0. The molecule has 1 heterocycles. The Bertz CT molecular complexity index is 1240. The fraction of sp³-hybridized carbons (Fsp3) is 0.292. The van der Waals surface area contributed by atoms with Crippen molar-refractivity contribution in [3.05, 3.63) is 71.3 Å². The monoisotopic (exact) mass is 476 g/mol. The standard InChI is InChI=1S/C24H20F4N2O4/c25-19-11-18(21(31)30-23(22(32)33)9-3-4-10-23)20(17-6-2-1-5-16(17)19)34-13-15-8-7-14(12-29-15)24(26,27)28/h1-2,5-8,11-12H,3-4,9-10,13H2,(H,30,31)(H,32,33). The first-order valence-electron chi connectivity index (χ1n) is 10.5. The number of benzene rings is 2. The molecule has 0 aliphatic heterocycles. The minimum Gasteiger partial charge on any atom is -0.486 e. The maximum Gasteiger partial charge on any atom is 0.417 e. The smallest absolute Gasteiger partial charge is 0.417 e. The number of carbonyl (C=O) groups is 2. The molecule has 0 radical (unpaired) electrons. The molecule has 0 bridgehead atoms. The van der Waals surface area contributed by atoms with Gasteiger partial charge >= 0.3 is 12.1 Å². The van der Waals surface area contributed by atoms with Crippen molar-refractivity contribution in [2.24, 2.45) is 0 Å². The summed E-state index contributed by atoms with van der Waals surface area (Å²) in [5.74, 6) is -2.70. The number of halogens is 4. The predicted molar refractivity (Wildman–Crippen MR) is 114 cm³/mol. The molecule has 1 saturated carbocycles. The van der Waals surface area contributed by atoms with Crippen LogP contribution in [0.15, 0.2) is 48.7 Å². The van der Waals surface area contributed by atoms with Crippen molar-refractivity contribution in [1.29, 1.82) is 0 Å². The van der Waals surface area contributed by atoms with Crippen molar-refractivity contribution in [1.82, 2.24) is 10.3 Å². The average molecular weight is 476 g/mol. The Labute approximate surface area is 191 Å². The van der Waals surface area contributed by atoms with Gasteiger partial charge in [-0.15, -0.1) is 0 Å². The van der Waals surface area contributed by atoms with Gasteiger partial charge in [0.2, 0.25) is 0 Å². The molecule has 6 nitrogen and oxygen atoms in total. The highest BCUT2D eigenvalue weighted by atomic mass is 19.4. The summed E-state index contributed by atoms with van der Waals surface area (Å²) < 4.78 is 58.9. The minimum absolute atomic E-state index is 0.0188. The number of hydrogen-bond acceptors (Lipinski definition) is 4. The molecule has 1 aliphatic rings. The number of alkyl halides is 3. The number of aliphatic carboxylic acids is 1. The summed E-state index contributed by atoms with van der Waals surface area (Å²) in [4.78, 5) is 28.7. The van der Waals surface area contributed by atoms with E-state index in [9.17, 15) is 32.3 Å². The highest BCUT2D eigenvalue weighted by molar-refractivity contribution is 6.05. The van der Waals surface area contributed by atoms with Crippen LogP contribution in [0.4, 0.5) is 17.6 Å². The van der Waals surface area contributed by atoms with Crippen molar-refractivity contribution in [3.63, 3.8) is 0 Å². The van der Waals surface area contributed by atoms with E-state index in [1.165, 1.54) is 12.1 Å². The molecule has 34 heavy (non-hydrogen) atoms. The van der Waals surface area contributed by atoms with Crippen LogP contribution in [-0.2, 0) is 17.6 Å². The van der Waals surface area contributed by atoms with E-state index >= 15 is 0 Å². The molecule has 1 fully saturated rings. The summed E-state index contributed by atoms with van der Waals surface area (Å²) in [7, 11) is 0. The Hall–Kier alpha value is -3.69. The highest BCUT2D eigenvalue weighted by Crippen LogP contribution is 2.35. The van der Waals surface area contributed by atoms with Crippen LogP contribution in [0.1, 0.15) is 47.3 Å². The Morgan fingerprint density at radius 2 is 1.76 bits per heavy atom. The van der Waals surface area contributed by atoms with Crippen LogP contribution in [0.5, 0.6) is 5.75 Å². The van der Waals surface area contributed by atoms with Crippen LogP contribution in [0.25, 0.3) is 10.8 Å². The van der Waals surface area contributed by atoms with Crippen LogP contribution in [0.2, 0.25) is 0 Å². The molecule has 1 aromatic heterocycles. The van der Waals surface area contributed by atoms with E-state index in [4.69, 9.17) is 4.74 Å². The van der Waals surface area contributed by atoms with Gasteiger partial charge in [-0.05, 0) is 31.0 Å². The van der Waals surface area contributed by atoms with Gasteiger partial charge in [0.25, 0.3) is 5.91 Å². The third-order valence-corrected chi connectivity index (χ3v) is 5.93. The number of rotatable bonds is 6. The number of fused-ring (bicyclic) bond motifs is 1. The van der Waals surface area contributed by atoms with E-state index in [1.54, 1.807) is 12.1 Å². The first-order valence-corrected chi connectivity index (χ1v) is 10.5. The number of carbonyl (C=O) groups excluding carboxylic acids is 1. The van der Waals surface area contributed by atoms with E-state index in [2.05, 4.69) is 10.3 Å². The quantitative estimate of drug-likeness (QED) is 0.484. The van der Waals surface area contributed by atoms with Gasteiger partial charge in [-0.25, -0.2) is 9.18 Å². The molecule has 0 unspecified atom stereocenters. The first-order chi connectivity index (χ1) is 16.1. The summed E-state index contributed by atoms with van der Waals surface area (Å²) in [6, 6.07) is 9.22. The van der Waals surface area contributed by atoms with Crippen LogP contribution in [-0.4, -0.2) is 27.5 Å². The molecule has 4 rings (SSSR count). The van der Waals surface area contributed by atoms with Crippen LogP contribution in [0.3, 0.4) is 0 Å². The number of amides is 1. The molecule has 2 aromatic carbocycles. The molecule has 1 aliphatic carbocycles. The number of ether oxygens (including phenoxy) is 1. The van der Waals surface area contributed by atoms with Gasteiger partial charge in [0.05, 0.1) is 16.8 Å². The molecule has 10 heteroatoms. The van der Waals surface area contributed by atoms with Crippen LogP contribution in [0, 0.1) is 5.82 Å². The number of aromatic nitrogens is 1. The molecule has 0 saturated heterocycles. The van der Waals surface area contributed by atoms with E-state index in [-0.39, 0.29) is 47.2 Å². The second-order valence-corrected chi connectivity index (χ2v) is 8.15. The lowest BCUT2D eigenvalue weighted by molar-refractivity contribution is -0.144. The minimum atomic E-state index is -4.54. The largest absolute Gasteiger partial charge is 0.486 e. The van der Waals surface area contributed by atoms with Crippen molar-refractivity contribution in [2.45, 2.75) is 44.0 Å². The Balaban J connectivity index is 1.68. The second-order valence-electron chi connectivity index (χ2n) is 8.15. The summed E-state index contributed by atoms with van der Waals surface area (Å²) in [5.41, 5.74) is -2.42. The topological polar surface area (TPSA) is 88.5 Å². The summed E-state index contributed by atoms with van der Waals surface area (Å²) in [5, 5.41) is 12.6. The number of pyridine rings is 1. The predicted octanol–water partition coefficient (Wildman–Crippen LogP) is 5.10. The maximum absolute atomic E-state index is 14.8. The Morgan fingerprint density at radius 3 is 2.35 bits per heavy atom. The van der Waals surface area contributed by atoms with Gasteiger partial charge in [-0.3, -0.25) is 9.78 Å². The normalized spacial score (nSPS) is 15.3. The van der Waals surface area contributed by atoms with Gasteiger partial charge in [0.15, 0.2) is 0 Å². The number of carboxylic acids is 1. The second kappa shape index (κ2) is 8.92. The third kappa shape index (κ3) is 4.52. The molecular weight excluding hydrogens is 456 g/mol. The lowest BCUT2D eigenvalue weighted by Crippen LogP contribution is -2.52. The lowest BCUT2D eigenvalue weighted by Gasteiger charge is -2.26. The van der Waals surface area contributed by atoms with E-state index < -0.39 is 35.0 Å². The number of nitrogens with one attached hydrogen (secondary N) is 1. The van der Waals surface area contributed by atoms with Gasteiger partial charge < -0.3 is 15.2 Å². The summed E-state index contributed by atoms with van der Waals surface area (Å²) in [6.07, 6.45) is -2.12. The zero-order valence-corrected chi connectivity index (χ0v) is 17.8. The van der Waals surface area contributed by atoms with Crippen LogP contribution >= 0.6 is 0 Å². The van der Waals surface area contributed by atoms with E-state index in [1.807, 2.05) is 0 Å². The fourth-order valence-electron chi connectivity index (χ4n) is 4.11. The molecule has 1 amide bonds. The highest BCUT2D eigenvalue weighted by Gasteiger charge is 2.43. The first kappa shape index (κ1) is 23.5. The van der Waals surface area contributed by atoms with Crippen LogP contribution < -0.4 is 10.1 Å².